The summed E-state index contributed by atoms with van der Waals surface area (Å²) in [4.78, 5) is 24.5. The number of hydrogen-bond donors (Lipinski definition) is 2. The van der Waals surface area contributed by atoms with Crippen LogP contribution in [-0.4, -0.2) is 39.4 Å². The lowest BCUT2D eigenvalue weighted by Crippen LogP contribution is -2.58. The lowest BCUT2D eigenvalue weighted by molar-refractivity contribution is -0.120. The number of rotatable bonds is 4. The van der Waals surface area contributed by atoms with Gasteiger partial charge in [0.1, 0.15) is 0 Å². The molecule has 21 heavy (non-hydrogen) atoms. The quantitative estimate of drug-likeness (QED) is 0.835. The normalized spacial score (nSPS) is 18.3. The van der Waals surface area contributed by atoms with Gasteiger partial charge in [-0.15, -0.1) is 0 Å². The van der Waals surface area contributed by atoms with Gasteiger partial charge in [-0.3, -0.25) is 15.0 Å². The van der Waals surface area contributed by atoms with Crippen LogP contribution < -0.4 is 30.2 Å². The number of anilines is 1. The van der Waals surface area contributed by atoms with Crippen molar-refractivity contribution in [2.24, 2.45) is 5.73 Å². The van der Waals surface area contributed by atoms with Crippen molar-refractivity contribution in [1.82, 2.24) is 5.32 Å². The van der Waals surface area contributed by atoms with Crippen molar-refractivity contribution < 1.29 is 23.8 Å². The molecule has 114 valence electrons. The Labute approximate surface area is 121 Å². The van der Waals surface area contributed by atoms with E-state index < -0.39 is 18.1 Å². The second-order valence-corrected chi connectivity index (χ2v) is 4.38. The van der Waals surface area contributed by atoms with Crippen molar-refractivity contribution in [3.05, 3.63) is 12.1 Å². The summed E-state index contributed by atoms with van der Waals surface area (Å²) in [5.74, 6) is 0.787. The average Bonchev–Trinajstić information content (AvgIpc) is 2.44. The molecule has 8 heteroatoms. The van der Waals surface area contributed by atoms with Crippen LogP contribution in [0, 0.1) is 0 Å². The number of urea groups is 1. The van der Waals surface area contributed by atoms with Crippen molar-refractivity contribution in [2.45, 2.75) is 12.6 Å². The molecule has 3 N–H and O–H groups in total. The number of nitrogens with two attached hydrogens (primary N) is 1. The van der Waals surface area contributed by atoms with Crippen LogP contribution in [0.3, 0.4) is 0 Å². The Balaban J connectivity index is 2.48. The first-order valence-corrected chi connectivity index (χ1v) is 6.20. The van der Waals surface area contributed by atoms with Gasteiger partial charge in [0.25, 0.3) is 0 Å². The molecule has 1 atom stereocenters. The highest BCUT2D eigenvalue weighted by molar-refractivity contribution is 6.06. The predicted octanol–water partition coefficient (Wildman–Crippen LogP) is 0.444. The van der Waals surface area contributed by atoms with Crippen LogP contribution in [0.5, 0.6) is 17.2 Å². The molecule has 0 aliphatic carbocycles. The van der Waals surface area contributed by atoms with E-state index in [0.29, 0.717) is 22.9 Å². The molecule has 0 aromatic heterocycles. The van der Waals surface area contributed by atoms with Gasteiger partial charge >= 0.3 is 6.03 Å². The minimum Gasteiger partial charge on any atom is -0.493 e. The maximum absolute atomic E-state index is 12.0. The third-order valence-electron chi connectivity index (χ3n) is 3.12. The SMILES string of the molecule is COc1cc(N2C(=O)NC(=O)CC2N)cc(OC)c1OC. The van der Waals surface area contributed by atoms with Gasteiger partial charge in [0.2, 0.25) is 11.7 Å². The minimum absolute atomic E-state index is 0.0163. The Bertz CT molecular complexity index is 550. The summed E-state index contributed by atoms with van der Waals surface area (Å²) in [6.45, 7) is 0. The van der Waals surface area contributed by atoms with Gasteiger partial charge in [-0.25, -0.2) is 4.79 Å². The number of methoxy groups -OCH3 is 3. The fraction of sp³-hybridized carbons (Fsp3) is 0.385. The Morgan fingerprint density at radius 1 is 1.14 bits per heavy atom. The predicted molar refractivity (Wildman–Crippen MR) is 74.7 cm³/mol. The second-order valence-electron chi connectivity index (χ2n) is 4.38. The third-order valence-corrected chi connectivity index (χ3v) is 3.12. The highest BCUT2D eigenvalue weighted by Gasteiger charge is 2.32. The molecule has 0 radical (unpaired) electrons. The van der Waals surface area contributed by atoms with Crippen molar-refractivity contribution in [1.29, 1.82) is 0 Å². The summed E-state index contributed by atoms with van der Waals surface area (Å²) in [5, 5.41) is 2.22. The molecule has 0 bridgehead atoms. The van der Waals surface area contributed by atoms with Crippen LogP contribution in [0.1, 0.15) is 6.42 Å². The summed E-state index contributed by atoms with van der Waals surface area (Å²) in [7, 11) is 4.43. The van der Waals surface area contributed by atoms with E-state index in [-0.39, 0.29) is 6.42 Å². The van der Waals surface area contributed by atoms with E-state index in [2.05, 4.69) is 5.32 Å². The summed E-state index contributed by atoms with van der Waals surface area (Å²) in [5.41, 5.74) is 6.32. The van der Waals surface area contributed by atoms with E-state index in [1.54, 1.807) is 12.1 Å². The molecule has 1 aliphatic rings. The highest BCUT2D eigenvalue weighted by atomic mass is 16.5. The molecule has 1 aromatic rings. The number of carbonyl (C=O) groups is 2. The molecule has 3 amide bonds. The van der Waals surface area contributed by atoms with Gasteiger partial charge in [-0.2, -0.15) is 0 Å². The maximum atomic E-state index is 12.0. The molecule has 1 heterocycles. The molecular weight excluding hydrogens is 278 g/mol. The number of ether oxygens (including phenoxy) is 3. The Kier molecular flexibility index (Phi) is 4.18. The number of hydrogen-bond acceptors (Lipinski definition) is 6. The van der Waals surface area contributed by atoms with E-state index in [9.17, 15) is 9.59 Å². The largest absolute Gasteiger partial charge is 0.493 e. The molecule has 1 saturated heterocycles. The van der Waals surface area contributed by atoms with Crippen molar-refractivity contribution >= 4 is 17.6 Å². The molecule has 0 spiro atoms. The molecule has 0 saturated carbocycles. The van der Waals surface area contributed by atoms with Crippen molar-refractivity contribution in [3.8, 4) is 17.2 Å². The van der Waals surface area contributed by atoms with Crippen molar-refractivity contribution in [2.75, 3.05) is 26.2 Å². The van der Waals surface area contributed by atoms with Gasteiger partial charge in [0.05, 0.1) is 39.6 Å². The fourth-order valence-electron chi connectivity index (χ4n) is 2.18. The van der Waals surface area contributed by atoms with Crippen LogP contribution in [0.15, 0.2) is 12.1 Å². The van der Waals surface area contributed by atoms with Crippen molar-refractivity contribution in [3.63, 3.8) is 0 Å². The van der Waals surface area contributed by atoms with Gasteiger partial charge < -0.3 is 19.9 Å². The first kappa shape index (κ1) is 14.9. The van der Waals surface area contributed by atoms with E-state index >= 15 is 0 Å². The molecular formula is C13H17N3O5. The first-order chi connectivity index (χ1) is 10.0. The van der Waals surface area contributed by atoms with Gasteiger partial charge in [0, 0.05) is 12.1 Å². The molecule has 1 aromatic carbocycles. The number of nitrogens with zero attached hydrogens (tertiary/aromatic N) is 1. The fourth-order valence-corrected chi connectivity index (χ4v) is 2.18. The van der Waals surface area contributed by atoms with E-state index in [1.807, 2.05) is 0 Å². The summed E-state index contributed by atoms with van der Waals surface area (Å²) in [6, 6.07) is 2.60. The van der Waals surface area contributed by atoms with Crippen LogP contribution in [-0.2, 0) is 4.79 Å². The zero-order valence-corrected chi connectivity index (χ0v) is 12.0. The smallest absolute Gasteiger partial charge is 0.329 e. The monoisotopic (exact) mass is 295 g/mol. The van der Waals surface area contributed by atoms with Crippen LogP contribution in [0.25, 0.3) is 0 Å². The highest BCUT2D eigenvalue weighted by Crippen LogP contribution is 2.41. The summed E-state index contributed by atoms with van der Waals surface area (Å²) >= 11 is 0. The second kappa shape index (κ2) is 5.88. The maximum Gasteiger partial charge on any atom is 0.329 e. The summed E-state index contributed by atoms with van der Waals surface area (Å²) in [6.07, 6.45) is -0.739. The van der Waals surface area contributed by atoms with Crippen LogP contribution in [0.4, 0.5) is 10.5 Å². The lowest BCUT2D eigenvalue weighted by Gasteiger charge is -2.33. The van der Waals surface area contributed by atoms with E-state index in [4.69, 9.17) is 19.9 Å². The van der Waals surface area contributed by atoms with Crippen LogP contribution >= 0.6 is 0 Å². The zero-order chi connectivity index (χ0) is 15.6. The molecule has 1 aliphatic heterocycles. The van der Waals surface area contributed by atoms with Gasteiger partial charge in [-0.1, -0.05) is 0 Å². The zero-order valence-electron chi connectivity index (χ0n) is 12.0. The molecule has 2 rings (SSSR count). The number of nitrogens with one attached hydrogen (secondary N) is 1. The number of imide groups is 1. The van der Waals surface area contributed by atoms with E-state index in [1.165, 1.54) is 26.2 Å². The Morgan fingerprint density at radius 2 is 1.71 bits per heavy atom. The molecule has 1 unspecified atom stereocenters. The average molecular weight is 295 g/mol. The Morgan fingerprint density at radius 3 is 2.14 bits per heavy atom. The molecule has 1 fully saturated rings. The number of carbonyl (C=O) groups excluding carboxylic acids is 2. The Hall–Kier alpha value is -2.48. The number of benzene rings is 1. The summed E-state index contributed by atoms with van der Waals surface area (Å²) < 4.78 is 15.7. The lowest BCUT2D eigenvalue weighted by atomic mass is 10.2. The number of amides is 3. The van der Waals surface area contributed by atoms with Gasteiger partial charge in [0.15, 0.2) is 11.5 Å². The molecule has 8 nitrogen and oxygen atoms in total. The van der Waals surface area contributed by atoms with Crippen LogP contribution in [0.2, 0.25) is 0 Å². The standard InChI is InChI=1S/C13H17N3O5/c1-19-8-4-7(5-9(20-2)12(8)21-3)16-10(14)6-11(17)15-13(16)18/h4-5,10H,6,14H2,1-3H3,(H,15,17,18). The van der Waals surface area contributed by atoms with E-state index in [0.717, 1.165) is 0 Å². The third kappa shape index (κ3) is 2.70. The first-order valence-electron chi connectivity index (χ1n) is 6.20. The topological polar surface area (TPSA) is 103 Å². The van der Waals surface area contributed by atoms with Gasteiger partial charge in [-0.05, 0) is 0 Å². The minimum atomic E-state index is -0.756.